The van der Waals surface area contributed by atoms with Crippen molar-refractivity contribution >= 4 is 5.97 Å². The van der Waals surface area contributed by atoms with Crippen LogP contribution in [0.2, 0.25) is 0 Å². The molecule has 5 N–H and O–H groups in total. The number of hydrogen-bond acceptors (Lipinski definition) is 8. The van der Waals surface area contributed by atoms with Crippen molar-refractivity contribution < 1.29 is 40.2 Å². The molecule has 1 heterocycles. The number of carboxylic acid groups (broad SMARTS) is 1. The minimum absolute atomic E-state index is 0.787. The Balaban J connectivity index is 2.89. The zero-order chi connectivity index (χ0) is 12.5. The van der Waals surface area contributed by atoms with Crippen LogP contribution in [-0.4, -0.2) is 68.3 Å². The average Bonchev–Trinajstić information content (AvgIpc) is 2.22. The second-order valence-electron chi connectivity index (χ2n) is 3.67. The summed E-state index contributed by atoms with van der Waals surface area (Å²) in [6.07, 6.45) is -7.25. The van der Waals surface area contributed by atoms with Gasteiger partial charge in [0.25, 0.3) is 0 Å². The van der Waals surface area contributed by atoms with Gasteiger partial charge >= 0.3 is 0 Å². The summed E-state index contributed by atoms with van der Waals surface area (Å²) >= 11 is 0. The highest BCUT2D eigenvalue weighted by atomic mass is 16.7. The van der Waals surface area contributed by atoms with E-state index in [1.54, 1.807) is 0 Å². The molecule has 1 saturated heterocycles. The van der Waals surface area contributed by atoms with Crippen LogP contribution in [-0.2, 0) is 9.53 Å². The van der Waals surface area contributed by atoms with Crippen molar-refractivity contribution in [3.8, 4) is 0 Å². The molecular formula is C8H13O8-. The van der Waals surface area contributed by atoms with Crippen LogP contribution >= 0.6 is 0 Å². The van der Waals surface area contributed by atoms with Crippen molar-refractivity contribution in [3.63, 3.8) is 0 Å². The molecule has 0 saturated carbocycles. The van der Waals surface area contributed by atoms with Crippen molar-refractivity contribution in [2.24, 2.45) is 0 Å². The molecule has 1 aliphatic heterocycles. The summed E-state index contributed by atoms with van der Waals surface area (Å²) in [4.78, 5) is 10.6. The molecule has 0 aliphatic carbocycles. The Morgan fingerprint density at radius 3 is 2.56 bits per heavy atom. The number of carboxylic acids is 1. The van der Waals surface area contributed by atoms with Crippen LogP contribution in [0.25, 0.3) is 0 Å². The highest BCUT2D eigenvalue weighted by Crippen LogP contribution is 2.28. The topological polar surface area (TPSA) is 151 Å². The molecule has 0 radical (unpaired) electrons. The van der Waals surface area contributed by atoms with Crippen molar-refractivity contribution in [3.05, 3.63) is 0 Å². The molecule has 5 atom stereocenters. The fraction of sp³-hybridized carbons (Fsp3) is 0.875. The third-order valence-electron chi connectivity index (χ3n) is 2.43. The summed E-state index contributed by atoms with van der Waals surface area (Å²) in [5.41, 5.74) is 0. The number of rotatable bonds is 3. The van der Waals surface area contributed by atoms with Crippen molar-refractivity contribution in [1.29, 1.82) is 0 Å². The van der Waals surface area contributed by atoms with Gasteiger partial charge in [0.2, 0.25) is 5.79 Å². The lowest BCUT2D eigenvalue weighted by atomic mass is 9.93. The number of hydrogen-bond donors (Lipinski definition) is 5. The van der Waals surface area contributed by atoms with Crippen LogP contribution in [0.1, 0.15) is 6.42 Å². The first kappa shape index (κ1) is 13.3. The Morgan fingerprint density at radius 2 is 2.12 bits per heavy atom. The summed E-state index contributed by atoms with van der Waals surface area (Å²) in [7, 11) is 0. The first-order chi connectivity index (χ1) is 7.31. The Bertz CT molecular complexity index is 269. The van der Waals surface area contributed by atoms with E-state index in [1.807, 2.05) is 0 Å². The number of aliphatic carboxylic acids is 1. The van der Waals surface area contributed by atoms with Gasteiger partial charge in [-0.25, -0.2) is 0 Å². The Kier molecular flexibility index (Phi) is 3.84. The molecule has 2 unspecified atom stereocenters. The van der Waals surface area contributed by atoms with E-state index in [1.165, 1.54) is 0 Å². The van der Waals surface area contributed by atoms with Gasteiger partial charge in [-0.2, -0.15) is 0 Å². The van der Waals surface area contributed by atoms with Crippen LogP contribution in [0.5, 0.6) is 0 Å². The largest absolute Gasteiger partial charge is 0.544 e. The number of carbonyl (C=O) groups excluding carboxylic acids is 1. The van der Waals surface area contributed by atoms with E-state index in [0.717, 1.165) is 0 Å². The molecule has 8 heteroatoms. The minimum Gasteiger partial charge on any atom is -0.544 e. The molecule has 0 aromatic carbocycles. The summed E-state index contributed by atoms with van der Waals surface area (Å²) < 4.78 is 4.54. The third-order valence-corrected chi connectivity index (χ3v) is 2.43. The second kappa shape index (κ2) is 4.62. The number of aliphatic hydroxyl groups is 5. The second-order valence-corrected chi connectivity index (χ2v) is 3.67. The first-order valence-electron chi connectivity index (χ1n) is 4.58. The molecule has 1 aliphatic rings. The quantitative estimate of drug-likeness (QED) is 0.328. The maximum Gasteiger partial charge on any atom is 0.210 e. The van der Waals surface area contributed by atoms with E-state index >= 15 is 0 Å². The molecule has 0 bridgehead atoms. The van der Waals surface area contributed by atoms with Crippen LogP contribution in [0.15, 0.2) is 0 Å². The molecule has 0 aromatic heterocycles. The van der Waals surface area contributed by atoms with E-state index in [4.69, 9.17) is 5.11 Å². The van der Waals surface area contributed by atoms with Gasteiger partial charge in [0.1, 0.15) is 24.3 Å². The molecule has 8 nitrogen and oxygen atoms in total. The molecule has 16 heavy (non-hydrogen) atoms. The third kappa shape index (κ3) is 2.32. The number of carbonyl (C=O) groups is 1. The van der Waals surface area contributed by atoms with Crippen LogP contribution in [0.4, 0.5) is 0 Å². The van der Waals surface area contributed by atoms with Crippen LogP contribution in [0.3, 0.4) is 0 Å². The summed E-state index contributed by atoms with van der Waals surface area (Å²) in [6.45, 7) is -0.822. The summed E-state index contributed by atoms with van der Waals surface area (Å²) in [5.74, 6) is -4.78. The average molecular weight is 237 g/mol. The van der Waals surface area contributed by atoms with Gasteiger partial charge < -0.3 is 40.2 Å². The Hall–Kier alpha value is -0.770. The lowest BCUT2D eigenvalue weighted by Gasteiger charge is -2.43. The van der Waals surface area contributed by atoms with Gasteiger partial charge in [-0.3, -0.25) is 0 Å². The van der Waals surface area contributed by atoms with E-state index < -0.39 is 49.2 Å². The molecule has 0 spiro atoms. The van der Waals surface area contributed by atoms with Gasteiger partial charge in [-0.05, 0) is 0 Å². The maximum absolute atomic E-state index is 10.6. The Labute approximate surface area is 90.3 Å². The monoisotopic (exact) mass is 237 g/mol. The number of aliphatic hydroxyl groups excluding tert-OH is 4. The van der Waals surface area contributed by atoms with Gasteiger partial charge in [-0.1, -0.05) is 0 Å². The van der Waals surface area contributed by atoms with Crippen molar-refractivity contribution in [1.82, 2.24) is 0 Å². The first-order valence-corrected chi connectivity index (χ1v) is 4.58. The smallest absolute Gasteiger partial charge is 0.210 e. The predicted octanol–water partition coefficient (Wildman–Crippen LogP) is -4.71. The lowest BCUT2D eigenvalue weighted by Crippen LogP contribution is -2.64. The zero-order valence-corrected chi connectivity index (χ0v) is 8.18. The predicted molar refractivity (Wildman–Crippen MR) is 44.6 cm³/mol. The highest BCUT2D eigenvalue weighted by Gasteiger charge is 2.48. The molecule has 0 aromatic rings. The highest BCUT2D eigenvalue weighted by molar-refractivity contribution is 5.73. The normalized spacial score (nSPS) is 41.7. The fourth-order valence-corrected chi connectivity index (χ4v) is 1.51. The molecule has 1 rings (SSSR count). The molecule has 94 valence electrons. The minimum atomic E-state index is -2.79. The van der Waals surface area contributed by atoms with Gasteiger partial charge in [0, 0.05) is 6.42 Å². The molecule has 1 fully saturated rings. The summed E-state index contributed by atoms with van der Waals surface area (Å²) in [5, 5.41) is 56.5. The van der Waals surface area contributed by atoms with E-state index in [2.05, 4.69) is 4.74 Å². The van der Waals surface area contributed by atoms with Crippen molar-refractivity contribution in [2.75, 3.05) is 6.61 Å². The standard InChI is InChI=1S/C8H14O8/c9-2-4(11)6-5(12)3(10)1-8(15,16-6)7(13)14/h3-6,9-12,15H,1-2H2,(H,13,14)/p-1/t3-,4?,5-,6?,8-/m1/s1. The zero-order valence-electron chi connectivity index (χ0n) is 8.18. The maximum atomic E-state index is 10.6. The molecular weight excluding hydrogens is 224 g/mol. The number of ether oxygens (including phenoxy) is 1. The van der Waals surface area contributed by atoms with E-state index in [9.17, 15) is 30.3 Å². The lowest BCUT2D eigenvalue weighted by molar-refractivity contribution is -0.378. The van der Waals surface area contributed by atoms with Crippen LogP contribution < -0.4 is 5.11 Å². The van der Waals surface area contributed by atoms with E-state index in [-0.39, 0.29) is 0 Å². The van der Waals surface area contributed by atoms with Crippen LogP contribution in [0, 0.1) is 0 Å². The van der Waals surface area contributed by atoms with E-state index in [0.29, 0.717) is 0 Å². The SMILES string of the molecule is O=C([O-])[C@@]1(O)C[C@@H](O)[C@@H](O)C(C(O)CO)O1. The van der Waals surface area contributed by atoms with Gasteiger partial charge in [-0.15, -0.1) is 0 Å². The van der Waals surface area contributed by atoms with Crippen molar-refractivity contribution in [2.45, 2.75) is 36.6 Å². The Morgan fingerprint density at radius 1 is 1.56 bits per heavy atom. The van der Waals surface area contributed by atoms with Gasteiger partial charge in [0.05, 0.1) is 12.7 Å². The van der Waals surface area contributed by atoms with Gasteiger partial charge in [0.15, 0.2) is 0 Å². The fourth-order valence-electron chi connectivity index (χ4n) is 1.51. The summed E-state index contributed by atoms with van der Waals surface area (Å²) in [6, 6.07) is 0. The molecule has 0 amide bonds.